The van der Waals surface area contributed by atoms with Crippen molar-refractivity contribution in [2.24, 2.45) is 5.41 Å². The zero-order valence-electron chi connectivity index (χ0n) is 16.5. The van der Waals surface area contributed by atoms with Crippen molar-refractivity contribution in [3.05, 3.63) is 41.2 Å². The maximum atomic E-state index is 13.0. The number of nitrogens with zero attached hydrogens (tertiary/aromatic N) is 1. The summed E-state index contributed by atoms with van der Waals surface area (Å²) >= 11 is 0. The number of aliphatic hydroxyl groups excluding tert-OH is 1. The Bertz CT molecular complexity index is 728. The molecule has 2 rings (SSSR count). The molecule has 1 aliphatic rings. The van der Waals surface area contributed by atoms with Gasteiger partial charge in [0.15, 0.2) is 11.5 Å². The minimum atomic E-state index is -0.698. The molecule has 1 N–H and O–H groups in total. The second kappa shape index (κ2) is 7.52. The van der Waals surface area contributed by atoms with Crippen LogP contribution in [0.1, 0.15) is 59.6 Å². The van der Waals surface area contributed by atoms with Crippen LogP contribution in [0.5, 0.6) is 5.75 Å². The summed E-state index contributed by atoms with van der Waals surface area (Å²) in [6.45, 7) is 11.7. The number of hydrogen-bond acceptors (Lipinski definition) is 4. The van der Waals surface area contributed by atoms with Crippen LogP contribution in [-0.2, 0) is 9.59 Å². The maximum absolute atomic E-state index is 13.0. The second-order valence-corrected chi connectivity index (χ2v) is 7.98. The number of ketones is 1. The third-order valence-electron chi connectivity index (χ3n) is 4.24. The lowest BCUT2D eigenvalue weighted by molar-refractivity contribution is -0.129. The summed E-state index contributed by atoms with van der Waals surface area (Å²) in [6, 6.07) is 6.80. The van der Waals surface area contributed by atoms with Crippen LogP contribution in [-0.4, -0.2) is 34.3 Å². The molecule has 0 saturated heterocycles. The average Bonchev–Trinajstić information content (AvgIpc) is 2.78. The first-order valence-corrected chi connectivity index (χ1v) is 9.13. The van der Waals surface area contributed by atoms with Gasteiger partial charge in [0, 0.05) is 12.0 Å². The summed E-state index contributed by atoms with van der Waals surface area (Å²) < 4.78 is 5.76. The van der Waals surface area contributed by atoms with Gasteiger partial charge in [0.05, 0.1) is 17.7 Å². The zero-order chi connectivity index (χ0) is 19.6. The predicted molar refractivity (Wildman–Crippen MR) is 101 cm³/mol. The highest BCUT2D eigenvalue weighted by Gasteiger charge is 2.45. The smallest absolute Gasteiger partial charge is 0.290 e. The molecule has 1 amide bonds. The molecular formula is C21H29NO4. The van der Waals surface area contributed by atoms with Gasteiger partial charge in [0.2, 0.25) is 0 Å². The third-order valence-corrected chi connectivity index (χ3v) is 4.24. The lowest BCUT2D eigenvalue weighted by Crippen LogP contribution is -2.33. The Morgan fingerprint density at radius 2 is 1.96 bits per heavy atom. The summed E-state index contributed by atoms with van der Waals surface area (Å²) in [7, 11) is 0. The van der Waals surface area contributed by atoms with E-state index in [1.165, 1.54) is 0 Å². The van der Waals surface area contributed by atoms with E-state index in [4.69, 9.17) is 4.74 Å². The standard InChI is InChI=1S/C21H29NO4/c1-7-11-22-17(14-9-8-10-15(12-14)26-13(2)3)16(18(23)20(22)25)19(24)21(4,5)6/h8-10,12-13,17,23H,7,11H2,1-6H3. The van der Waals surface area contributed by atoms with Crippen molar-refractivity contribution in [1.82, 2.24) is 4.90 Å². The average molecular weight is 359 g/mol. The van der Waals surface area contributed by atoms with E-state index < -0.39 is 23.1 Å². The van der Waals surface area contributed by atoms with E-state index in [-0.39, 0.29) is 17.5 Å². The normalized spacial score (nSPS) is 18.0. The first-order valence-electron chi connectivity index (χ1n) is 9.13. The van der Waals surface area contributed by atoms with Crippen LogP contribution < -0.4 is 4.74 Å². The number of rotatable bonds is 6. The largest absolute Gasteiger partial charge is 0.503 e. The molecule has 0 spiro atoms. The quantitative estimate of drug-likeness (QED) is 0.827. The highest BCUT2D eigenvalue weighted by Crippen LogP contribution is 2.41. The fourth-order valence-electron chi connectivity index (χ4n) is 3.14. The minimum absolute atomic E-state index is 0.0156. The molecule has 0 aromatic heterocycles. The van der Waals surface area contributed by atoms with Gasteiger partial charge >= 0.3 is 0 Å². The van der Waals surface area contributed by atoms with Gasteiger partial charge in [0.25, 0.3) is 5.91 Å². The fourth-order valence-corrected chi connectivity index (χ4v) is 3.14. The SMILES string of the molecule is CCCN1C(=O)C(O)=C(C(=O)C(C)(C)C)C1c1cccc(OC(C)C)c1. The van der Waals surface area contributed by atoms with Crippen molar-refractivity contribution in [3.8, 4) is 5.75 Å². The van der Waals surface area contributed by atoms with E-state index in [1.807, 2.05) is 45.0 Å². The Morgan fingerprint density at radius 3 is 2.50 bits per heavy atom. The molecule has 0 radical (unpaired) electrons. The Labute approximate surface area is 155 Å². The molecule has 1 aromatic carbocycles. The first kappa shape index (κ1) is 20.0. The number of carbonyl (C=O) groups is 2. The predicted octanol–water partition coefficient (Wildman–Crippen LogP) is 4.19. The lowest BCUT2D eigenvalue weighted by Gasteiger charge is -2.29. The van der Waals surface area contributed by atoms with Gasteiger partial charge in [-0.2, -0.15) is 0 Å². The maximum Gasteiger partial charge on any atom is 0.290 e. The van der Waals surface area contributed by atoms with Gasteiger partial charge in [0.1, 0.15) is 5.75 Å². The number of amides is 1. The van der Waals surface area contributed by atoms with Gasteiger partial charge in [-0.25, -0.2) is 0 Å². The van der Waals surface area contributed by atoms with Crippen molar-refractivity contribution in [3.63, 3.8) is 0 Å². The zero-order valence-corrected chi connectivity index (χ0v) is 16.5. The minimum Gasteiger partial charge on any atom is -0.503 e. The number of hydrogen-bond donors (Lipinski definition) is 1. The third kappa shape index (κ3) is 3.92. The molecule has 0 aliphatic carbocycles. The van der Waals surface area contributed by atoms with Crippen molar-refractivity contribution < 1.29 is 19.4 Å². The summed E-state index contributed by atoms with van der Waals surface area (Å²) in [5, 5.41) is 10.5. The molecule has 0 bridgehead atoms. The van der Waals surface area contributed by atoms with Crippen LogP contribution in [0.4, 0.5) is 0 Å². The first-order chi connectivity index (χ1) is 12.1. The number of benzene rings is 1. The van der Waals surface area contributed by atoms with Gasteiger partial charge in [-0.1, -0.05) is 39.8 Å². The van der Waals surface area contributed by atoms with Crippen LogP contribution in [0.15, 0.2) is 35.6 Å². The molecular weight excluding hydrogens is 330 g/mol. The molecule has 5 heteroatoms. The second-order valence-electron chi connectivity index (χ2n) is 7.98. The van der Waals surface area contributed by atoms with E-state index >= 15 is 0 Å². The molecule has 0 saturated carbocycles. The lowest BCUT2D eigenvalue weighted by atomic mass is 9.82. The Morgan fingerprint density at radius 1 is 1.31 bits per heavy atom. The summed E-state index contributed by atoms with van der Waals surface area (Å²) in [5.41, 5.74) is 0.245. The van der Waals surface area contributed by atoms with Crippen molar-refractivity contribution in [2.45, 2.75) is 60.1 Å². The highest BCUT2D eigenvalue weighted by atomic mass is 16.5. The van der Waals surface area contributed by atoms with E-state index in [0.717, 1.165) is 12.0 Å². The van der Waals surface area contributed by atoms with Crippen LogP contribution in [0, 0.1) is 5.41 Å². The fraction of sp³-hybridized carbons (Fsp3) is 0.524. The van der Waals surface area contributed by atoms with E-state index in [9.17, 15) is 14.7 Å². The van der Waals surface area contributed by atoms with E-state index in [0.29, 0.717) is 12.3 Å². The van der Waals surface area contributed by atoms with Gasteiger partial charge in [-0.15, -0.1) is 0 Å². The highest BCUT2D eigenvalue weighted by molar-refractivity contribution is 6.10. The number of carbonyl (C=O) groups excluding carboxylic acids is 2. The van der Waals surface area contributed by atoms with Crippen molar-refractivity contribution in [2.75, 3.05) is 6.54 Å². The van der Waals surface area contributed by atoms with Crippen LogP contribution in [0.3, 0.4) is 0 Å². The molecule has 1 heterocycles. The van der Waals surface area contributed by atoms with E-state index in [2.05, 4.69) is 0 Å². The van der Waals surface area contributed by atoms with E-state index in [1.54, 1.807) is 25.7 Å². The summed E-state index contributed by atoms with van der Waals surface area (Å²) in [6.07, 6.45) is 0.746. The summed E-state index contributed by atoms with van der Waals surface area (Å²) in [4.78, 5) is 27.2. The number of ether oxygens (including phenoxy) is 1. The molecule has 1 aromatic rings. The molecule has 1 atom stereocenters. The Balaban J connectivity index is 2.56. The molecule has 26 heavy (non-hydrogen) atoms. The Kier molecular flexibility index (Phi) is 5.79. The molecule has 1 unspecified atom stereocenters. The number of aliphatic hydroxyl groups is 1. The van der Waals surface area contributed by atoms with Gasteiger partial charge in [-0.05, 0) is 38.0 Å². The van der Waals surface area contributed by atoms with Crippen molar-refractivity contribution >= 4 is 11.7 Å². The number of Topliss-reactive ketones (excluding diaryl/α,β-unsaturated/α-hetero) is 1. The topological polar surface area (TPSA) is 66.8 Å². The van der Waals surface area contributed by atoms with Gasteiger partial charge < -0.3 is 14.7 Å². The monoisotopic (exact) mass is 359 g/mol. The van der Waals surface area contributed by atoms with Crippen LogP contribution in [0.25, 0.3) is 0 Å². The van der Waals surface area contributed by atoms with Crippen LogP contribution >= 0.6 is 0 Å². The molecule has 142 valence electrons. The molecule has 0 fully saturated rings. The van der Waals surface area contributed by atoms with Crippen molar-refractivity contribution in [1.29, 1.82) is 0 Å². The molecule has 1 aliphatic heterocycles. The molecule has 5 nitrogen and oxygen atoms in total. The summed E-state index contributed by atoms with van der Waals surface area (Å²) in [5.74, 6) is -0.462. The Hall–Kier alpha value is -2.30. The van der Waals surface area contributed by atoms with Gasteiger partial charge in [-0.3, -0.25) is 9.59 Å². The van der Waals surface area contributed by atoms with Crippen LogP contribution in [0.2, 0.25) is 0 Å².